The van der Waals surface area contributed by atoms with Crippen LogP contribution in [-0.2, 0) is 15.3 Å². The van der Waals surface area contributed by atoms with Crippen molar-refractivity contribution in [2.75, 3.05) is 19.0 Å². The number of carbonyl (C=O) groups is 1. The van der Waals surface area contributed by atoms with Crippen LogP contribution in [0.25, 0.3) is 0 Å². The van der Waals surface area contributed by atoms with Gasteiger partial charge in [-0.15, -0.1) is 23.1 Å². The summed E-state index contributed by atoms with van der Waals surface area (Å²) in [6.07, 6.45) is 0. The minimum absolute atomic E-state index is 0.120. The zero-order chi connectivity index (χ0) is 12.5. The molecule has 0 saturated heterocycles. The van der Waals surface area contributed by atoms with Crippen LogP contribution in [0.2, 0.25) is 0 Å². The number of esters is 1. The van der Waals surface area contributed by atoms with Crippen molar-refractivity contribution >= 4 is 29.1 Å². The van der Waals surface area contributed by atoms with Crippen LogP contribution in [0.3, 0.4) is 0 Å². The molecule has 1 N–H and O–H groups in total. The van der Waals surface area contributed by atoms with Crippen LogP contribution in [0.15, 0.2) is 12.1 Å². The highest BCUT2D eigenvalue weighted by Crippen LogP contribution is 2.21. The van der Waals surface area contributed by atoms with Gasteiger partial charge in [-0.1, -0.05) is 11.8 Å². The van der Waals surface area contributed by atoms with E-state index in [4.69, 9.17) is 9.84 Å². The molecule has 0 radical (unpaired) electrons. The molecule has 17 heavy (non-hydrogen) atoms. The van der Waals surface area contributed by atoms with Crippen molar-refractivity contribution in [3.05, 3.63) is 21.9 Å². The standard InChI is InChI=1S/C12H14O3S2/c1-2-15-12(14)9-16-8-11-6-5-10(17-11)4-3-7-13/h5-6,13H,2,7-9H2,1H3. The van der Waals surface area contributed by atoms with Crippen molar-refractivity contribution in [3.8, 4) is 11.8 Å². The quantitative estimate of drug-likeness (QED) is 0.655. The lowest BCUT2D eigenvalue weighted by atomic mass is 10.4. The molecular formula is C12H14O3S2. The molecule has 0 fully saturated rings. The predicted octanol–water partition coefficient (Wildman–Crippen LogP) is 1.89. The third-order valence-electron chi connectivity index (χ3n) is 1.72. The number of rotatable bonds is 5. The van der Waals surface area contributed by atoms with Gasteiger partial charge < -0.3 is 9.84 Å². The van der Waals surface area contributed by atoms with E-state index in [0.717, 1.165) is 10.6 Å². The lowest BCUT2D eigenvalue weighted by Crippen LogP contribution is -2.06. The average Bonchev–Trinajstić information content (AvgIpc) is 2.75. The first-order chi connectivity index (χ1) is 8.26. The second-order valence-corrected chi connectivity index (χ2v) is 5.18. The van der Waals surface area contributed by atoms with Crippen LogP contribution in [0.5, 0.6) is 0 Å². The van der Waals surface area contributed by atoms with Gasteiger partial charge >= 0.3 is 5.97 Å². The number of aliphatic hydroxyl groups is 1. The Hall–Kier alpha value is -0.960. The highest BCUT2D eigenvalue weighted by Gasteiger charge is 2.03. The van der Waals surface area contributed by atoms with E-state index in [1.807, 2.05) is 12.1 Å². The molecular weight excluding hydrogens is 256 g/mol. The molecule has 1 aromatic heterocycles. The molecule has 0 aliphatic rings. The first-order valence-corrected chi connectivity index (χ1v) is 7.15. The maximum Gasteiger partial charge on any atom is 0.315 e. The summed E-state index contributed by atoms with van der Waals surface area (Å²) in [7, 11) is 0. The molecule has 5 heteroatoms. The Morgan fingerprint density at radius 2 is 2.41 bits per heavy atom. The Kier molecular flexibility index (Phi) is 6.78. The molecule has 0 atom stereocenters. The summed E-state index contributed by atoms with van der Waals surface area (Å²) < 4.78 is 4.83. The van der Waals surface area contributed by atoms with Gasteiger partial charge in [0.25, 0.3) is 0 Å². The largest absolute Gasteiger partial charge is 0.465 e. The van der Waals surface area contributed by atoms with Crippen LogP contribution >= 0.6 is 23.1 Å². The summed E-state index contributed by atoms with van der Waals surface area (Å²) in [5.41, 5.74) is 0. The maximum absolute atomic E-state index is 11.1. The van der Waals surface area contributed by atoms with Gasteiger partial charge in [0.05, 0.1) is 17.2 Å². The minimum Gasteiger partial charge on any atom is -0.465 e. The normalized spacial score (nSPS) is 9.53. The Morgan fingerprint density at radius 3 is 3.12 bits per heavy atom. The van der Waals surface area contributed by atoms with Gasteiger partial charge in [-0.25, -0.2) is 0 Å². The van der Waals surface area contributed by atoms with E-state index in [1.54, 1.807) is 18.3 Å². The summed E-state index contributed by atoms with van der Waals surface area (Å²) >= 11 is 3.11. The number of hydrogen-bond acceptors (Lipinski definition) is 5. The fourth-order valence-electron chi connectivity index (χ4n) is 1.09. The molecule has 1 heterocycles. The third-order valence-corrected chi connectivity index (χ3v) is 3.86. The monoisotopic (exact) mass is 270 g/mol. The van der Waals surface area contributed by atoms with Gasteiger partial charge in [0.2, 0.25) is 0 Å². The lowest BCUT2D eigenvalue weighted by molar-refractivity contribution is -0.139. The fourth-order valence-corrected chi connectivity index (χ4v) is 2.90. The van der Waals surface area contributed by atoms with Gasteiger partial charge in [-0.05, 0) is 19.1 Å². The van der Waals surface area contributed by atoms with Crippen LogP contribution in [0, 0.1) is 11.8 Å². The van der Waals surface area contributed by atoms with Crippen LogP contribution in [-0.4, -0.2) is 30.0 Å². The Bertz CT molecular complexity index is 415. The van der Waals surface area contributed by atoms with E-state index in [2.05, 4.69) is 11.8 Å². The van der Waals surface area contributed by atoms with Crippen LogP contribution < -0.4 is 0 Å². The zero-order valence-electron chi connectivity index (χ0n) is 9.56. The van der Waals surface area contributed by atoms with E-state index in [-0.39, 0.29) is 12.6 Å². The van der Waals surface area contributed by atoms with E-state index < -0.39 is 0 Å². The molecule has 0 spiro atoms. The molecule has 0 unspecified atom stereocenters. The first kappa shape index (κ1) is 14.1. The van der Waals surface area contributed by atoms with Crippen molar-refractivity contribution in [2.24, 2.45) is 0 Å². The van der Waals surface area contributed by atoms with Gasteiger partial charge in [-0.3, -0.25) is 4.79 Å². The predicted molar refractivity (Wildman–Crippen MR) is 71.1 cm³/mol. The van der Waals surface area contributed by atoms with Gasteiger partial charge in [0.1, 0.15) is 6.61 Å². The topological polar surface area (TPSA) is 46.5 Å². The lowest BCUT2D eigenvalue weighted by Gasteiger charge is -2.00. The van der Waals surface area contributed by atoms with Crippen molar-refractivity contribution in [1.82, 2.24) is 0 Å². The number of carbonyl (C=O) groups excluding carboxylic acids is 1. The number of hydrogen-bond donors (Lipinski definition) is 1. The van der Waals surface area contributed by atoms with Gasteiger partial charge in [-0.2, -0.15) is 0 Å². The van der Waals surface area contributed by atoms with E-state index in [0.29, 0.717) is 12.4 Å². The van der Waals surface area contributed by atoms with E-state index >= 15 is 0 Å². The molecule has 1 aromatic rings. The first-order valence-electron chi connectivity index (χ1n) is 5.18. The SMILES string of the molecule is CCOC(=O)CSCc1ccc(C#CCO)s1. The Morgan fingerprint density at radius 1 is 1.59 bits per heavy atom. The zero-order valence-corrected chi connectivity index (χ0v) is 11.2. The molecule has 0 aliphatic heterocycles. The second-order valence-electron chi connectivity index (χ2n) is 3.02. The summed E-state index contributed by atoms with van der Waals surface area (Å²) in [5.74, 6) is 6.44. The Labute approximate surface area is 109 Å². The Balaban J connectivity index is 2.32. The molecule has 0 amide bonds. The maximum atomic E-state index is 11.1. The second kappa shape index (κ2) is 8.18. The molecule has 1 rings (SSSR count). The van der Waals surface area contributed by atoms with Crippen LogP contribution in [0.1, 0.15) is 16.7 Å². The van der Waals surface area contributed by atoms with E-state index in [1.165, 1.54) is 16.6 Å². The van der Waals surface area contributed by atoms with E-state index in [9.17, 15) is 4.79 Å². The molecule has 0 aliphatic carbocycles. The smallest absolute Gasteiger partial charge is 0.315 e. The summed E-state index contributed by atoms with van der Waals surface area (Å²) in [5, 5.41) is 8.56. The molecule has 92 valence electrons. The summed E-state index contributed by atoms with van der Waals surface area (Å²) in [6, 6.07) is 3.91. The van der Waals surface area contributed by atoms with Crippen molar-refractivity contribution in [3.63, 3.8) is 0 Å². The molecule has 0 saturated carbocycles. The highest BCUT2D eigenvalue weighted by atomic mass is 32.2. The molecule has 3 nitrogen and oxygen atoms in total. The highest BCUT2D eigenvalue weighted by molar-refractivity contribution is 7.99. The molecule has 0 aromatic carbocycles. The van der Waals surface area contributed by atoms with Gasteiger partial charge in [0, 0.05) is 10.6 Å². The average molecular weight is 270 g/mol. The summed E-state index contributed by atoms with van der Waals surface area (Å²) in [6.45, 7) is 2.11. The number of thioether (sulfide) groups is 1. The number of ether oxygens (including phenoxy) is 1. The van der Waals surface area contributed by atoms with Crippen molar-refractivity contribution < 1.29 is 14.6 Å². The summed E-state index contributed by atoms with van der Waals surface area (Å²) in [4.78, 5) is 13.2. The molecule has 0 bridgehead atoms. The number of aliphatic hydroxyl groups excluding tert-OH is 1. The van der Waals surface area contributed by atoms with Crippen LogP contribution in [0.4, 0.5) is 0 Å². The number of thiophene rings is 1. The third kappa shape index (κ3) is 5.78. The minimum atomic E-state index is -0.172. The fraction of sp³-hybridized carbons (Fsp3) is 0.417. The van der Waals surface area contributed by atoms with Crippen molar-refractivity contribution in [2.45, 2.75) is 12.7 Å². The van der Waals surface area contributed by atoms with Crippen molar-refractivity contribution in [1.29, 1.82) is 0 Å². The van der Waals surface area contributed by atoms with Gasteiger partial charge in [0.15, 0.2) is 0 Å².